The van der Waals surface area contributed by atoms with Crippen molar-refractivity contribution in [3.05, 3.63) is 41.0 Å². The van der Waals surface area contributed by atoms with E-state index < -0.39 is 0 Å². The van der Waals surface area contributed by atoms with Gasteiger partial charge in [-0.3, -0.25) is 5.10 Å². The molecule has 3 rings (SSSR count). The van der Waals surface area contributed by atoms with Gasteiger partial charge in [-0.15, -0.1) is 10.2 Å². The Kier molecular flexibility index (Phi) is 3.28. The van der Waals surface area contributed by atoms with Gasteiger partial charge in [0.1, 0.15) is 5.69 Å². The zero-order valence-electron chi connectivity index (χ0n) is 11.1. The van der Waals surface area contributed by atoms with Gasteiger partial charge in [-0.2, -0.15) is 5.10 Å². The molecule has 3 aromatic rings. The maximum absolute atomic E-state index is 5.85. The summed E-state index contributed by atoms with van der Waals surface area (Å²) in [6, 6.07) is 9.16. The van der Waals surface area contributed by atoms with Crippen LogP contribution >= 0.6 is 11.6 Å². The Balaban J connectivity index is 1.91. The van der Waals surface area contributed by atoms with Gasteiger partial charge in [0, 0.05) is 16.3 Å². The molecule has 0 aliphatic heterocycles. The maximum Gasteiger partial charge on any atom is 0.268 e. The van der Waals surface area contributed by atoms with E-state index in [0.29, 0.717) is 28.4 Å². The average molecular weight is 289 g/mol. The summed E-state index contributed by atoms with van der Waals surface area (Å²) in [5.41, 5.74) is 2.51. The molecule has 0 unspecified atom stereocenters. The first kappa shape index (κ1) is 12.9. The Labute approximate surface area is 121 Å². The number of aromatic nitrogens is 4. The highest BCUT2D eigenvalue weighted by molar-refractivity contribution is 6.30. The van der Waals surface area contributed by atoms with Gasteiger partial charge >= 0.3 is 0 Å². The summed E-state index contributed by atoms with van der Waals surface area (Å²) in [6.45, 7) is 4.18. The molecular formula is C14H13ClN4O. The molecule has 0 bridgehead atoms. The predicted octanol–water partition coefficient (Wildman–Crippen LogP) is 3.90. The van der Waals surface area contributed by atoms with Crippen LogP contribution in [0.1, 0.15) is 25.5 Å². The molecule has 2 aromatic heterocycles. The standard InChI is InChI=1S/C14H13ClN4O/c1-8(2)11-7-12(17-16-11)14-19-18-13(20-14)9-3-5-10(15)6-4-9/h3-8H,1-2H3,(H,16,17). The van der Waals surface area contributed by atoms with Gasteiger partial charge in [0.15, 0.2) is 0 Å². The maximum atomic E-state index is 5.85. The van der Waals surface area contributed by atoms with Gasteiger partial charge in [-0.05, 0) is 36.2 Å². The molecule has 6 heteroatoms. The first-order chi connectivity index (χ1) is 9.63. The molecule has 0 aliphatic rings. The molecule has 0 spiro atoms. The molecule has 0 saturated carbocycles. The minimum Gasteiger partial charge on any atom is -0.415 e. The molecule has 5 nitrogen and oxygen atoms in total. The van der Waals surface area contributed by atoms with E-state index in [1.807, 2.05) is 18.2 Å². The van der Waals surface area contributed by atoms with Crippen LogP contribution in [0.15, 0.2) is 34.7 Å². The van der Waals surface area contributed by atoms with E-state index in [1.165, 1.54) is 0 Å². The number of nitrogens with one attached hydrogen (secondary N) is 1. The fraction of sp³-hybridized carbons (Fsp3) is 0.214. The lowest BCUT2D eigenvalue weighted by atomic mass is 10.1. The normalized spacial score (nSPS) is 11.2. The van der Waals surface area contributed by atoms with Crippen molar-refractivity contribution in [2.24, 2.45) is 0 Å². The fourth-order valence-corrected chi connectivity index (χ4v) is 1.90. The molecule has 0 atom stereocenters. The van der Waals surface area contributed by atoms with Crippen LogP contribution in [-0.4, -0.2) is 20.4 Å². The summed E-state index contributed by atoms with van der Waals surface area (Å²) in [7, 11) is 0. The molecule has 20 heavy (non-hydrogen) atoms. The summed E-state index contributed by atoms with van der Waals surface area (Å²) in [5.74, 6) is 1.22. The van der Waals surface area contributed by atoms with Crippen molar-refractivity contribution in [1.82, 2.24) is 20.4 Å². The number of hydrogen-bond donors (Lipinski definition) is 1. The quantitative estimate of drug-likeness (QED) is 0.793. The Hall–Kier alpha value is -2.14. The summed E-state index contributed by atoms with van der Waals surface area (Å²) < 4.78 is 5.64. The molecule has 0 radical (unpaired) electrons. The van der Waals surface area contributed by atoms with Crippen LogP contribution in [0.25, 0.3) is 23.0 Å². The summed E-state index contributed by atoms with van der Waals surface area (Å²) in [4.78, 5) is 0. The number of H-pyrrole nitrogens is 1. The Morgan fingerprint density at radius 2 is 1.80 bits per heavy atom. The third-order valence-corrected chi connectivity index (χ3v) is 3.21. The fourth-order valence-electron chi connectivity index (χ4n) is 1.78. The van der Waals surface area contributed by atoms with Gasteiger partial charge in [0.2, 0.25) is 5.89 Å². The van der Waals surface area contributed by atoms with E-state index in [9.17, 15) is 0 Å². The van der Waals surface area contributed by atoms with Gasteiger partial charge in [-0.1, -0.05) is 25.4 Å². The van der Waals surface area contributed by atoms with Crippen molar-refractivity contribution >= 4 is 11.6 Å². The topological polar surface area (TPSA) is 67.6 Å². The van der Waals surface area contributed by atoms with Crippen LogP contribution in [-0.2, 0) is 0 Å². The molecule has 1 aromatic carbocycles. The van der Waals surface area contributed by atoms with E-state index in [1.54, 1.807) is 12.1 Å². The number of benzene rings is 1. The number of rotatable bonds is 3. The summed E-state index contributed by atoms with van der Waals surface area (Å²) in [6.07, 6.45) is 0. The van der Waals surface area contributed by atoms with E-state index in [-0.39, 0.29) is 0 Å². The van der Waals surface area contributed by atoms with Crippen molar-refractivity contribution in [2.45, 2.75) is 19.8 Å². The molecule has 102 valence electrons. The number of halogens is 1. The van der Waals surface area contributed by atoms with Crippen LogP contribution in [0.4, 0.5) is 0 Å². The van der Waals surface area contributed by atoms with Gasteiger partial charge in [-0.25, -0.2) is 0 Å². The van der Waals surface area contributed by atoms with Crippen molar-refractivity contribution in [3.8, 4) is 23.0 Å². The van der Waals surface area contributed by atoms with Crippen LogP contribution in [0.2, 0.25) is 5.02 Å². The first-order valence-corrected chi connectivity index (χ1v) is 6.66. The van der Waals surface area contributed by atoms with Gasteiger partial charge in [0.05, 0.1) is 0 Å². The number of hydrogen-bond acceptors (Lipinski definition) is 4. The lowest BCUT2D eigenvalue weighted by molar-refractivity contribution is 0.582. The third-order valence-electron chi connectivity index (χ3n) is 2.95. The van der Waals surface area contributed by atoms with E-state index in [0.717, 1.165) is 11.3 Å². The number of nitrogens with zero attached hydrogens (tertiary/aromatic N) is 3. The van der Waals surface area contributed by atoms with Crippen molar-refractivity contribution in [3.63, 3.8) is 0 Å². The second-order valence-corrected chi connectivity index (χ2v) is 5.22. The molecule has 0 saturated heterocycles. The molecule has 1 N–H and O–H groups in total. The molecule has 2 heterocycles. The molecule has 0 aliphatic carbocycles. The Morgan fingerprint density at radius 3 is 2.45 bits per heavy atom. The lowest BCUT2D eigenvalue weighted by Gasteiger charge is -1.96. The Bertz CT molecular complexity index is 715. The van der Waals surface area contributed by atoms with Crippen molar-refractivity contribution in [1.29, 1.82) is 0 Å². The molecule has 0 amide bonds. The first-order valence-electron chi connectivity index (χ1n) is 6.28. The van der Waals surface area contributed by atoms with Gasteiger partial charge < -0.3 is 4.42 Å². The summed E-state index contributed by atoms with van der Waals surface area (Å²) >= 11 is 5.85. The van der Waals surface area contributed by atoms with Gasteiger partial charge in [0.25, 0.3) is 5.89 Å². The van der Waals surface area contributed by atoms with E-state index >= 15 is 0 Å². The minimum atomic E-state index is 0.370. The molecule has 0 fully saturated rings. The average Bonchev–Trinajstić information content (AvgIpc) is 3.08. The van der Waals surface area contributed by atoms with E-state index in [4.69, 9.17) is 16.0 Å². The lowest BCUT2D eigenvalue weighted by Crippen LogP contribution is -1.85. The monoisotopic (exact) mass is 288 g/mol. The van der Waals surface area contributed by atoms with Crippen LogP contribution in [0.3, 0.4) is 0 Å². The third kappa shape index (κ3) is 2.44. The SMILES string of the molecule is CC(C)c1cc(-c2nnc(-c3ccc(Cl)cc3)o2)n[nH]1. The zero-order valence-corrected chi connectivity index (χ0v) is 11.8. The largest absolute Gasteiger partial charge is 0.415 e. The second-order valence-electron chi connectivity index (χ2n) is 4.78. The van der Waals surface area contributed by atoms with Crippen LogP contribution in [0.5, 0.6) is 0 Å². The molecular weight excluding hydrogens is 276 g/mol. The highest BCUT2D eigenvalue weighted by Gasteiger charge is 2.14. The smallest absolute Gasteiger partial charge is 0.268 e. The predicted molar refractivity (Wildman–Crippen MR) is 76.4 cm³/mol. The highest BCUT2D eigenvalue weighted by atomic mass is 35.5. The van der Waals surface area contributed by atoms with Crippen LogP contribution < -0.4 is 0 Å². The second kappa shape index (κ2) is 5.09. The minimum absolute atomic E-state index is 0.370. The van der Waals surface area contributed by atoms with E-state index in [2.05, 4.69) is 34.2 Å². The Morgan fingerprint density at radius 1 is 1.10 bits per heavy atom. The zero-order chi connectivity index (χ0) is 14.1. The van der Waals surface area contributed by atoms with Crippen molar-refractivity contribution in [2.75, 3.05) is 0 Å². The highest BCUT2D eigenvalue weighted by Crippen LogP contribution is 2.25. The number of aromatic amines is 1. The van der Waals surface area contributed by atoms with Crippen LogP contribution in [0, 0.1) is 0 Å². The van der Waals surface area contributed by atoms with Crippen molar-refractivity contribution < 1.29 is 4.42 Å². The summed E-state index contributed by atoms with van der Waals surface area (Å²) in [5, 5.41) is 15.9.